The van der Waals surface area contributed by atoms with Gasteiger partial charge in [-0.25, -0.2) is 0 Å². The first kappa shape index (κ1) is 18.0. The SMILES string of the molecule is CCc1ccc(N=Cc2cc(C)n(-c3ccc(N(C)C)cc3)c2C)cc1. The molecule has 0 fully saturated rings. The molecule has 3 rings (SSSR count). The van der Waals surface area contributed by atoms with E-state index in [0.717, 1.165) is 17.7 Å². The fourth-order valence-electron chi connectivity index (χ4n) is 3.18. The second-order valence-electron chi connectivity index (χ2n) is 6.85. The number of aliphatic imine (C=N–C) groups is 1. The number of benzene rings is 2. The van der Waals surface area contributed by atoms with Crippen molar-refractivity contribution in [2.75, 3.05) is 19.0 Å². The molecule has 0 amide bonds. The second-order valence-corrected chi connectivity index (χ2v) is 6.85. The molecule has 134 valence electrons. The first-order chi connectivity index (χ1) is 12.5. The summed E-state index contributed by atoms with van der Waals surface area (Å²) in [6, 6.07) is 19.3. The number of hydrogen-bond acceptors (Lipinski definition) is 2. The van der Waals surface area contributed by atoms with Gasteiger partial charge in [-0.1, -0.05) is 19.1 Å². The lowest BCUT2D eigenvalue weighted by Gasteiger charge is -2.14. The van der Waals surface area contributed by atoms with Crippen LogP contribution in [0.1, 0.15) is 29.4 Å². The zero-order valence-electron chi connectivity index (χ0n) is 16.3. The van der Waals surface area contributed by atoms with Gasteiger partial charge in [0.05, 0.1) is 5.69 Å². The molecule has 0 N–H and O–H groups in total. The minimum Gasteiger partial charge on any atom is -0.378 e. The van der Waals surface area contributed by atoms with Gasteiger partial charge < -0.3 is 9.47 Å². The van der Waals surface area contributed by atoms with Crippen molar-refractivity contribution < 1.29 is 0 Å². The Balaban J connectivity index is 1.88. The third kappa shape index (κ3) is 3.72. The normalized spacial score (nSPS) is 11.3. The van der Waals surface area contributed by atoms with Crippen LogP contribution in [0.3, 0.4) is 0 Å². The van der Waals surface area contributed by atoms with Gasteiger partial charge in [-0.05, 0) is 68.3 Å². The molecule has 0 radical (unpaired) electrons. The highest BCUT2D eigenvalue weighted by molar-refractivity contribution is 5.84. The zero-order chi connectivity index (χ0) is 18.7. The smallest absolute Gasteiger partial charge is 0.0630 e. The minimum absolute atomic E-state index is 0.988. The molecule has 0 aliphatic rings. The van der Waals surface area contributed by atoms with Gasteiger partial charge in [-0.2, -0.15) is 0 Å². The molecular weight excluding hydrogens is 318 g/mol. The molecule has 0 saturated carbocycles. The Labute approximate surface area is 156 Å². The summed E-state index contributed by atoms with van der Waals surface area (Å²) in [6.45, 7) is 6.45. The summed E-state index contributed by atoms with van der Waals surface area (Å²) in [5, 5.41) is 0. The fourth-order valence-corrected chi connectivity index (χ4v) is 3.18. The van der Waals surface area contributed by atoms with Crippen molar-refractivity contribution in [2.24, 2.45) is 4.99 Å². The van der Waals surface area contributed by atoms with Gasteiger partial charge in [0.15, 0.2) is 0 Å². The maximum Gasteiger partial charge on any atom is 0.0630 e. The van der Waals surface area contributed by atoms with Crippen LogP contribution >= 0.6 is 0 Å². The molecule has 0 aliphatic heterocycles. The van der Waals surface area contributed by atoms with Gasteiger partial charge in [0.25, 0.3) is 0 Å². The predicted octanol–water partition coefficient (Wildman–Crippen LogP) is 5.47. The summed E-state index contributed by atoms with van der Waals surface area (Å²) in [6.07, 6.45) is 3.02. The van der Waals surface area contributed by atoms with E-state index >= 15 is 0 Å². The van der Waals surface area contributed by atoms with E-state index in [0.29, 0.717) is 0 Å². The lowest BCUT2D eigenvalue weighted by Crippen LogP contribution is -2.08. The predicted molar refractivity (Wildman–Crippen MR) is 113 cm³/mol. The van der Waals surface area contributed by atoms with E-state index in [1.54, 1.807) is 0 Å². The highest BCUT2D eigenvalue weighted by atomic mass is 15.1. The maximum absolute atomic E-state index is 4.65. The molecule has 0 aliphatic carbocycles. The molecule has 0 saturated heterocycles. The summed E-state index contributed by atoms with van der Waals surface area (Å²) in [4.78, 5) is 6.77. The van der Waals surface area contributed by atoms with E-state index in [9.17, 15) is 0 Å². The Bertz CT molecular complexity index is 898. The van der Waals surface area contributed by atoms with Crippen molar-refractivity contribution in [3.63, 3.8) is 0 Å². The second kappa shape index (κ2) is 7.61. The molecule has 1 aromatic heterocycles. The minimum atomic E-state index is 0.988. The lowest BCUT2D eigenvalue weighted by atomic mass is 10.1. The number of hydrogen-bond donors (Lipinski definition) is 0. The van der Waals surface area contributed by atoms with Crippen molar-refractivity contribution in [3.05, 3.63) is 77.1 Å². The Morgan fingerprint density at radius 3 is 2.19 bits per heavy atom. The third-order valence-corrected chi connectivity index (χ3v) is 4.79. The van der Waals surface area contributed by atoms with Crippen LogP contribution in [-0.4, -0.2) is 24.9 Å². The third-order valence-electron chi connectivity index (χ3n) is 4.79. The van der Waals surface area contributed by atoms with Crippen LogP contribution in [0, 0.1) is 13.8 Å². The van der Waals surface area contributed by atoms with Crippen LogP contribution in [0.2, 0.25) is 0 Å². The molecule has 0 unspecified atom stereocenters. The van der Waals surface area contributed by atoms with Crippen molar-refractivity contribution in [2.45, 2.75) is 27.2 Å². The molecule has 3 nitrogen and oxygen atoms in total. The molecule has 0 atom stereocenters. The van der Waals surface area contributed by atoms with Crippen molar-refractivity contribution in [1.82, 2.24) is 4.57 Å². The summed E-state index contributed by atoms with van der Waals surface area (Å²) in [5.74, 6) is 0. The van der Waals surface area contributed by atoms with Crippen LogP contribution in [0.25, 0.3) is 5.69 Å². The largest absolute Gasteiger partial charge is 0.378 e. The zero-order valence-corrected chi connectivity index (χ0v) is 16.3. The highest BCUT2D eigenvalue weighted by Gasteiger charge is 2.09. The monoisotopic (exact) mass is 345 g/mol. The molecule has 3 heteroatoms. The van der Waals surface area contributed by atoms with Gasteiger partial charge in [-0.3, -0.25) is 4.99 Å². The van der Waals surface area contributed by atoms with Crippen LogP contribution in [0.4, 0.5) is 11.4 Å². The van der Waals surface area contributed by atoms with Gasteiger partial charge >= 0.3 is 0 Å². The maximum atomic E-state index is 4.65. The van der Waals surface area contributed by atoms with Crippen molar-refractivity contribution in [1.29, 1.82) is 0 Å². The van der Waals surface area contributed by atoms with Crippen LogP contribution in [0.5, 0.6) is 0 Å². The van der Waals surface area contributed by atoms with Crippen LogP contribution < -0.4 is 4.90 Å². The van der Waals surface area contributed by atoms with E-state index in [2.05, 4.69) is 104 Å². The Hall–Kier alpha value is -2.81. The van der Waals surface area contributed by atoms with E-state index in [4.69, 9.17) is 0 Å². The number of aryl methyl sites for hydroxylation is 2. The van der Waals surface area contributed by atoms with Gasteiger partial charge in [0, 0.05) is 48.6 Å². The number of nitrogens with zero attached hydrogens (tertiary/aromatic N) is 3. The average molecular weight is 345 g/mol. The van der Waals surface area contributed by atoms with Crippen LogP contribution in [0.15, 0.2) is 59.6 Å². The van der Waals surface area contributed by atoms with Crippen molar-refractivity contribution in [3.8, 4) is 5.69 Å². The summed E-state index contributed by atoms with van der Waals surface area (Å²) in [7, 11) is 4.12. The van der Waals surface area contributed by atoms with Crippen molar-refractivity contribution >= 4 is 17.6 Å². The lowest BCUT2D eigenvalue weighted by molar-refractivity contribution is 0.963. The molecule has 3 aromatic rings. The summed E-state index contributed by atoms with van der Waals surface area (Å²) < 4.78 is 2.28. The molecule has 1 heterocycles. The van der Waals surface area contributed by atoms with E-state index in [1.807, 2.05) is 6.21 Å². The highest BCUT2D eigenvalue weighted by Crippen LogP contribution is 2.23. The van der Waals surface area contributed by atoms with Gasteiger partial charge in [-0.15, -0.1) is 0 Å². The quantitative estimate of drug-likeness (QED) is 0.561. The topological polar surface area (TPSA) is 20.5 Å². The average Bonchev–Trinajstić information content (AvgIpc) is 2.94. The molecule has 0 bridgehead atoms. The van der Waals surface area contributed by atoms with E-state index in [-0.39, 0.29) is 0 Å². The molecular formula is C23H27N3. The Kier molecular flexibility index (Phi) is 5.27. The van der Waals surface area contributed by atoms with E-state index in [1.165, 1.54) is 28.3 Å². The fraction of sp³-hybridized carbons (Fsp3) is 0.261. The van der Waals surface area contributed by atoms with Crippen LogP contribution in [-0.2, 0) is 6.42 Å². The molecule has 2 aromatic carbocycles. The first-order valence-electron chi connectivity index (χ1n) is 9.09. The van der Waals surface area contributed by atoms with E-state index < -0.39 is 0 Å². The standard InChI is InChI=1S/C23H27N3/c1-6-19-7-9-21(10-8-19)24-16-20-15-17(2)26(18(20)3)23-13-11-22(12-14-23)25(4)5/h7-16H,6H2,1-5H3. The summed E-state index contributed by atoms with van der Waals surface area (Å²) >= 11 is 0. The Morgan fingerprint density at radius 2 is 1.62 bits per heavy atom. The number of rotatable bonds is 5. The molecule has 0 spiro atoms. The Morgan fingerprint density at radius 1 is 0.962 bits per heavy atom. The number of anilines is 1. The van der Waals surface area contributed by atoms with Gasteiger partial charge in [0.1, 0.15) is 0 Å². The summed E-state index contributed by atoms with van der Waals surface area (Å²) in [5.41, 5.74) is 8.27. The molecule has 26 heavy (non-hydrogen) atoms. The first-order valence-corrected chi connectivity index (χ1v) is 9.09. The number of aromatic nitrogens is 1. The van der Waals surface area contributed by atoms with Gasteiger partial charge in [0.2, 0.25) is 0 Å².